The zero-order valence-electron chi connectivity index (χ0n) is 10.2. The summed E-state index contributed by atoms with van der Waals surface area (Å²) in [5.74, 6) is 0.296. The average molecular weight is 227 g/mol. The van der Waals surface area contributed by atoms with E-state index in [1.54, 1.807) is 0 Å². The molecule has 1 aromatic rings. The number of ketones is 1. The minimum Gasteiger partial charge on any atom is -0.300 e. The number of rotatable bonds is 2. The van der Waals surface area contributed by atoms with Crippen LogP contribution in [0.15, 0.2) is 24.3 Å². The summed E-state index contributed by atoms with van der Waals surface area (Å²) in [4.78, 5) is 11.3. The molecule has 2 nitrogen and oxygen atoms in total. The lowest BCUT2D eigenvalue weighted by molar-refractivity contribution is -0.120. The second-order valence-corrected chi connectivity index (χ2v) is 4.74. The Morgan fingerprint density at radius 2 is 1.94 bits per heavy atom. The Hall–Kier alpha value is -1.62. The number of carbonyl (C=O) groups is 1. The second-order valence-electron chi connectivity index (χ2n) is 4.74. The van der Waals surface area contributed by atoms with Crippen molar-refractivity contribution in [1.29, 1.82) is 5.26 Å². The molecule has 1 aromatic carbocycles. The van der Waals surface area contributed by atoms with Gasteiger partial charge in [-0.05, 0) is 30.4 Å². The van der Waals surface area contributed by atoms with Crippen LogP contribution in [0.25, 0.3) is 0 Å². The van der Waals surface area contributed by atoms with Crippen molar-refractivity contribution >= 4 is 5.78 Å². The summed E-state index contributed by atoms with van der Waals surface area (Å²) in [6.45, 7) is 2.11. The van der Waals surface area contributed by atoms with Gasteiger partial charge < -0.3 is 0 Å². The molecule has 1 fully saturated rings. The number of aryl methyl sites for hydroxylation is 1. The number of hydrogen-bond donors (Lipinski definition) is 0. The van der Waals surface area contributed by atoms with E-state index in [1.807, 2.05) is 12.1 Å². The normalized spacial score (nSPS) is 18.7. The molecule has 17 heavy (non-hydrogen) atoms. The summed E-state index contributed by atoms with van der Waals surface area (Å²) < 4.78 is 0. The third-order valence-electron chi connectivity index (χ3n) is 3.79. The molecule has 0 saturated heterocycles. The molecule has 2 rings (SSSR count). The quantitative estimate of drug-likeness (QED) is 0.778. The standard InChI is InChI=1S/C15H17NO/c1-2-12-5-3-4-6-14(12)15(11-16)9-7-13(17)8-10-15/h3-6H,2,7-10H2,1H3. The average Bonchev–Trinajstić information content (AvgIpc) is 2.40. The SMILES string of the molecule is CCc1ccccc1C1(C#N)CCC(=O)CC1. The first-order valence-corrected chi connectivity index (χ1v) is 6.23. The first kappa shape index (κ1) is 11.9. The van der Waals surface area contributed by atoms with Crippen molar-refractivity contribution in [3.8, 4) is 6.07 Å². The minimum absolute atomic E-state index is 0.296. The van der Waals surface area contributed by atoms with Crippen molar-refractivity contribution in [2.24, 2.45) is 0 Å². The maximum absolute atomic E-state index is 11.3. The third kappa shape index (κ3) is 2.10. The Morgan fingerprint density at radius 1 is 1.29 bits per heavy atom. The molecule has 1 aliphatic rings. The molecule has 0 N–H and O–H groups in total. The molecule has 0 spiro atoms. The molecular formula is C15H17NO. The van der Waals surface area contributed by atoms with E-state index in [2.05, 4.69) is 25.1 Å². The van der Waals surface area contributed by atoms with Crippen LogP contribution in [-0.4, -0.2) is 5.78 Å². The van der Waals surface area contributed by atoms with E-state index in [0.717, 1.165) is 12.0 Å². The van der Waals surface area contributed by atoms with E-state index >= 15 is 0 Å². The van der Waals surface area contributed by atoms with Crippen LogP contribution in [0.1, 0.15) is 43.7 Å². The predicted octanol–water partition coefficient (Wildman–Crippen LogP) is 3.15. The molecule has 0 unspecified atom stereocenters. The molecule has 0 aromatic heterocycles. The fraction of sp³-hybridized carbons (Fsp3) is 0.467. The van der Waals surface area contributed by atoms with E-state index in [0.29, 0.717) is 31.5 Å². The van der Waals surface area contributed by atoms with Gasteiger partial charge in [0.25, 0.3) is 0 Å². The van der Waals surface area contributed by atoms with Gasteiger partial charge in [0.05, 0.1) is 11.5 Å². The van der Waals surface area contributed by atoms with Crippen LogP contribution in [-0.2, 0) is 16.6 Å². The topological polar surface area (TPSA) is 40.9 Å². The number of nitriles is 1. The molecular weight excluding hydrogens is 210 g/mol. The van der Waals surface area contributed by atoms with Crippen molar-refractivity contribution in [1.82, 2.24) is 0 Å². The maximum atomic E-state index is 11.3. The largest absolute Gasteiger partial charge is 0.300 e. The zero-order valence-corrected chi connectivity index (χ0v) is 10.2. The van der Waals surface area contributed by atoms with Gasteiger partial charge in [0.1, 0.15) is 5.78 Å². The molecule has 0 heterocycles. The second kappa shape index (κ2) is 4.71. The van der Waals surface area contributed by atoms with Crippen molar-refractivity contribution in [3.05, 3.63) is 35.4 Å². The molecule has 88 valence electrons. The number of carbonyl (C=O) groups excluding carboxylic acids is 1. The highest BCUT2D eigenvalue weighted by molar-refractivity contribution is 5.80. The van der Waals surface area contributed by atoms with Crippen LogP contribution in [0.4, 0.5) is 0 Å². The first-order valence-electron chi connectivity index (χ1n) is 6.23. The van der Waals surface area contributed by atoms with Gasteiger partial charge in [-0.15, -0.1) is 0 Å². The summed E-state index contributed by atoms with van der Waals surface area (Å²) in [5, 5.41) is 9.54. The van der Waals surface area contributed by atoms with Gasteiger partial charge in [0.2, 0.25) is 0 Å². The predicted molar refractivity (Wildman–Crippen MR) is 66.6 cm³/mol. The van der Waals surface area contributed by atoms with Gasteiger partial charge in [-0.1, -0.05) is 31.2 Å². The number of nitrogens with zero attached hydrogens (tertiary/aromatic N) is 1. The van der Waals surface area contributed by atoms with Gasteiger partial charge >= 0.3 is 0 Å². The summed E-state index contributed by atoms with van der Waals surface area (Å²) in [6.07, 6.45) is 3.39. The smallest absolute Gasteiger partial charge is 0.133 e. The molecule has 0 radical (unpaired) electrons. The highest BCUT2D eigenvalue weighted by atomic mass is 16.1. The Morgan fingerprint density at radius 3 is 2.53 bits per heavy atom. The lowest BCUT2D eigenvalue weighted by Gasteiger charge is -2.32. The highest BCUT2D eigenvalue weighted by Crippen LogP contribution is 2.39. The van der Waals surface area contributed by atoms with Crippen molar-refractivity contribution in [2.75, 3.05) is 0 Å². The van der Waals surface area contributed by atoms with Crippen LogP contribution >= 0.6 is 0 Å². The van der Waals surface area contributed by atoms with Gasteiger partial charge in [0.15, 0.2) is 0 Å². The van der Waals surface area contributed by atoms with Crippen LogP contribution < -0.4 is 0 Å². The van der Waals surface area contributed by atoms with E-state index < -0.39 is 5.41 Å². The highest BCUT2D eigenvalue weighted by Gasteiger charge is 2.37. The van der Waals surface area contributed by atoms with Crippen LogP contribution in [0, 0.1) is 11.3 Å². The molecule has 1 aliphatic carbocycles. The molecule has 2 heteroatoms. The van der Waals surface area contributed by atoms with E-state index in [-0.39, 0.29) is 0 Å². The lowest BCUT2D eigenvalue weighted by Crippen LogP contribution is -2.31. The summed E-state index contributed by atoms with van der Waals surface area (Å²) in [5.41, 5.74) is 1.95. The Balaban J connectivity index is 2.42. The molecule has 1 saturated carbocycles. The Bertz CT molecular complexity index is 460. The van der Waals surface area contributed by atoms with Crippen molar-refractivity contribution in [2.45, 2.75) is 44.4 Å². The maximum Gasteiger partial charge on any atom is 0.133 e. The van der Waals surface area contributed by atoms with E-state index in [4.69, 9.17) is 0 Å². The molecule has 0 atom stereocenters. The van der Waals surface area contributed by atoms with E-state index in [1.165, 1.54) is 5.56 Å². The van der Waals surface area contributed by atoms with Crippen LogP contribution in [0.3, 0.4) is 0 Å². The summed E-state index contributed by atoms with van der Waals surface area (Å²) >= 11 is 0. The zero-order chi connectivity index (χ0) is 12.3. The third-order valence-corrected chi connectivity index (χ3v) is 3.79. The van der Waals surface area contributed by atoms with Gasteiger partial charge in [-0.3, -0.25) is 4.79 Å². The van der Waals surface area contributed by atoms with Crippen molar-refractivity contribution < 1.29 is 4.79 Å². The number of benzene rings is 1. The van der Waals surface area contributed by atoms with Gasteiger partial charge in [0, 0.05) is 12.8 Å². The monoisotopic (exact) mass is 227 g/mol. The van der Waals surface area contributed by atoms with E-state index in [9.17, 15) is 10.1 Å². The van der Waals surface area contributed by atoms with Crippen molar-refractivity contribution in [3.63, 3.8) is 0 Å². The summed E-state index contributed by atoms with van der Waals surface area (Å²) in [6, 6.07) is 10.6. The molecule has 0 amide bonds. The number of hydrogen-bond acceptors (Lipinski definition) is 2. The van der Waals surface area contributed by atoms with Crippen LogP contribution in [0.5, 0.6) is 0 Å². The van der Waals surface area contributed by atoms with Crippen LogP contribution in [0.2, 0.25) is 0 Å². The molecule has 0 bridgehead atoms. The first-order chi connectivity index (χ1) is 8.22. The van der Waals surface area contributed by atoms with Gasteiger partial charge in [-0.2, -0.15) is 5.26 Å². The Labute approximate surface area is 102 Å². The fourth-order valence-electron chi connectivity index (χ4n) is 2.69. The fourth-order valence-corrected chi connectivity index (χ4v) is 2.69. The molecule has 0 aliphatic heterocycles. The Kier molecular flexibility index (Phi) is 3.28. The lowest BCUT2D eigenvalue weighted by atomic mass is 9.68. The minimum atomic E-state index is -0.430. The summed E-state index contributed by atoms with van der Waals surface area (Å²) in [7, 11) is 0. The van der Waals surface area contributed by atoms with Gasteiger partial charge in [-0.25, -0.2) is 0 Å². The number of Topliss-reactive ketones (excluding diaryl/α,β-unsaturated/α-hetero) is 1.